The van der Waals surface area contributed by atoms with Gasteiger partial charge < -0.3 is 14.8 Å². The zero-order chi connectivity index (χ0) is 27.2. The highest BCUT2D eigenvalue weighted by atomic mass is 127. The quantitative estimate of drug-likeness (QED) is 0.221. The van der Waals surface area contributed by atoms with Crippen LogP contribution in [0.5, 0.6) is 11.5 Å². The Morgan fingerprint density at radius 2 is 1.87 bits per heavy atom. The molecule has 0 spiro atoms. The van der Waals surface area contributed by atoms with Gasteiger partial charge in [-0.05, 0) is 111 Å². The zero-order valence-electron chi connectivity index (χ0n) is 19.9. The summed E-state index contributed by atoms with van der Waals surface area (Å²) < 4.78 is 13.2. The Bertz CT molecular complexity index is 1490. The van der Waals surface area contributed by atoms with E-state index >= 15 is 0 Å². The number of rotatable bonds is 8. The van der Waals surface area contributed by atoms with Crippen molar-refractivity contribution in [1.29, 1.82) is 5.26 Å². The largest absolute Gasteiger partial charge is 0.493 e. The monoisotopic (exact) mass is 751 g/mol. The van der Waals surface area contributed by atoms with Crippen molar-refractivity contribution in [3.63, 3.8) is 0 Å². The Morgan fingerprint density at radius 1 is 1.13 bits per heavy atom. The fourth-order valence-corrected chi connectivity index (χ4v) is 5.51. The van der Waals surface area contributed by atoms with E-state index in [4.69, 9.17) is 9.47 Å². The van der Waals surface area contributed by atoms with E-state index in [1.807, 2.05) is 24.3 Å². The van der Waals surface area contributed by atoms with Gasteiger partial charge in [-0.25, -0.2) is 0 Å². The summed E-state index contributed by atoms with van der Waals surface area (Å²) in [5.74, 6) is -0.0716. The molecule has 4 rings (SSSR count). The van der Waals surface area contributed by atoms with Crippen LogP contribution in [0.25, 0.3) is 6.08 Å². The molecule has 38 heavy (non-hydrogen) atoms. The van der Waals surface area contributed by atoms with E-state index in [1.54, 1.807) is 42.5 Å². The average Bonchev–Trinajstić information content (AvgIpc) is 3.16. The number of benzene rings is 3. The van der Waals surface area contributed by atoms with Crippen molar-refractivity contribution < 1.29 is 23.9 Å². The second kappa shape index (κ2) is 12.6. The number of amides is 3. The lowest BCUT2D eigenvalue weighted by atomic mass is 10.1. The summed E-state index contributed by atoms with van der Waals surface area (Å²) in [6.07, 6.45) is 1.58. The molecule has 1 saturated heterocycles. The maximum absolute atomic E-state index is 12.9. The van der Waals surface area contributed by atoms with Crippen molar-refractivity contribution in [2.24, 2.45) is 0 Å². The highest BCUT2D eigenvalue weighted by molar-refractivity contribution is 14.1. The molecule has 3 aromatic carbocycles. The van der Waals surface area contributed by atoms with Crippen molar-refractivity contribution >= 4 is 85.8 Å². The van der Waals surface area contributed by atoms with Crippen molar-refractivity contribution in [2.75, 3.05) is 19.0 Å². The van der Waals surface area contributed by atoms with Gasteiger partial charge in [-0.15, -0.1) is 0 Å². The van der Waals surface area contributed by atoms with Crippen molar-refractivity contribution in [3.8, 4) is 17.6 Å². The molecule has 0 radical (unpaired) electrons. The summed E-state index contributed by atoms with van der Waals surface area (Å²) in [5.41, 5.74) is 2.49. The van der Waals surface area contributed by atoms with Gasteiger partial charge in [-0.2, -0.15) is 5.26 Å². The van der Waals surface area contributed by atoms with E-state index < -0.39 is 17.1 Å². The first-order chi connectivity index (χ1) is 18.3. The number of carbonyl (C=O) groups is 3. The van der Waals surface area contributed by atoms with Gasteiger partial charge in [0.2, 0.25) is 5.91 Å². The molecule has 1 N–H and O–H groups in total. The Labute approximate surface area is 250 Å². The number of carbonyl (C=O) groups excluding carboxylic acids is 3. The molecule has 0 saturated carbocycles. The Morgan fingerprint density at radius 3 is 2.58 bits per heavy atom. The third kappa shape index (κ3) is 6.66. The van der Waals surface area contributed by atoms with Crippen LogP contribution >= 0.6 is 56.9 Å². The number of thioether (sulfide) groups is 1. The van der Waals surface area contributed by atoms with Crippen LogP contribution in [-0.4, -0.2) is 35.6 Å². The molecule has 1 aliphatic heterocycles. The van der Waals surface area contributed by atoms with Gasteiger partial charge in [-0.1, -0.05) is 18.2 Å². The van der Waals surface area contributed by atoms with Gasteiger partial charge in [0.15, 0.2) is 11.5 Å². The number of imide groups is 1. The number of nitrogens with zero attached hydrogens (tertiary/aromatic N) is 2. The molecule has 0 unspecified atom stereocenters. The third-order valence-electron chi connectivity index (χ3n) is 5.36. The molecule has 1 aliphatic rings. The lowest BCUT2D eigenvalue weighted by molar-refractivity contribution is -0.127. The van der Waals surface area contributed by atoms with Gasteiger partial charge in [0.25, 0.3) is 11.1 Å². The average molecular weight is 751 g/mol. The number of anilines is 1. The minimum Gasteiger partial charge on any atom is -0.493 e. The number of nitriles is 1. The van der Waals surface area contributed by atoms with Crippen LogP contribution in [0.2, 0.25) is 0 Å². The predicted molar refractivity (Wildman–Crippen MR) is 162 cm³/mol. The normalized spacial score (nSPS) is 13.9. The van der Waals surface area contributed by atoms with Gasteiger partial charge in [0.05, 0.1) is 27.2 Å². The van der Waals surface area contributed by atoms with E-state index in [9.17, 15) is 19.6 Å². The summed E-state index contributed by atoms with van der Waals surface area (Å²) in [5, 5.41) is 11.5. The number of hydrogen-bond acceptors (Lipinski definition) is 7. The number of ether oxygens (including phenoxy) is 2. The topological polar surface area (TPSA) is 109 Å². The van der Waals surface area contributed by atoms with Crippen LogP contribution in [0.15, 0.2) is 65.6 Å². The van der Waals surface area contributed by atoms with Crippen molar-refractivity contribution in [2.45, 2.75) is 6.61 Å². The lowest BCUT2D eigenvalue weighted by Gasteiger charge is -2.14. The molecule has 8 nitrogen and oxygen atoms in total. The molecule has 0 atom stereocenters. The molecule has 1 fully saturated rings. The van der Waals surface area contributed by atoms with Gasteiger partial charge in [0.1, 0.15) is 13.2 Å². The summed E-state index contributed by atoms with van der Waals surface area (Å²) in [4.78, 5) is 39.0. The summed E-state index contributed by atoms with van der Waals surface area (Å²) >= 11 is 5.04. The molecule has 0 aliphatic carbocycles. The highest BCUT2D eigenvalue weighted by Gasteiger charge is 2.36. The Kier molecular flexibility index (Phi) is 9.29. The minimum atomic E-state index is -0.542. The maximum Gasteiger partial charge on any atom is 0.294 e. The van der Waals surface area contributed by atoms with E-state index in [-0.39, 0.29) is 18.1 Å². The number of hydrogen-bond donors (Lipinski definition) is 1. The molecule has 3 aromatic rings. The number of halogens is 2. The first-order valence-corrected chi connectivity index (χ1v) is 14.1. The van der Waals surface area contributed by atoms with Gasteiger partial charge >= 0.3 is 0 Å². The van der Waals surface area contributed by atoms with Crippen LogP contribution in [-0.2, 0) is 16.2 Å². The SMILES string of the molecule is COc1cc(/C=C2\SC(=O)N(CC(=O)Nc3ccc(I)cc3)C2=O)cc(I)c1OCc1ccccc1C#N. The second-order valence-electron chi connectivity index (χ2n) is 7.91. The Balaban J connectivity index is 1.48. The third-order valence-corrected chi connectivity index (χ3v) is 7.79. The fourth-order valence-electron chi connectivity index (χ4n) is 3.53. The van der Waals surface area contributed by atoms with Crippen LogP contribution < -0.4 is 14.8 Å². The lowest BCUT2D eigenvalue weighted by Crippen LogP contribution is -2.36. The van der Waals surface area contributed by atoms with E-state index in [1.165, 1.54) is 7.11 Å². The van der Waals surface area contributed by atoms with Crippen LogP contribution in [0.4, 0.5) is 10.5 Å². The van der Waals surface area contributed by atoms with Crippen molar-refractivity contribution in [1.82, 2.24) is 4.90 Å². The number of methoxy groups -OCH3 is 1. The first kappa shape index (κ1) is 27.9. The Hall–Kier alpha value is -3.09. The van der Waals surface area contributed by atoms with Crippen LogP contribution in [0.3, 0.4) is 0 Å². The zero-order valence-corrected chi connectivity index (χ0v) is 25.0. The summed E-state index contributed by atoms with van der Waals surface area (Å²) in [6.45, 7) is -0.204. The molecule has 3 amide bonds. The molecular weight excluding hydrogens is 732 g/mol. The van der Waals surface area contributed by atoms with E-state index in [0.29, 0.717) is 28.3 Å². The fraction of sp³-hybridized carbons (Fsp3) is 0.111. The molecule has 0 aromatic heterocycles. The van der Waals surface area contributed by atoms with Crippen LogP contribution in [0.1, 0.15) is 16.7 Å². The molecule has 11 heteroatoms. The predicted octanol–water partition coefficient (Wildman–Crippen LogP) is 6.03. The summed E-state index contributed by atoms with van der Waals surface area (Å²) in [6, 6.07) is 20.0. The van der Waals surface area contributed by atoms with E-state index in [0.717, 1.165) is 29.4 Å². The number of nitrogens with one attached hydrogen (secondary N) is 1. The van der Waals surface area contributed by atoms with Crippen LogP contribution in [0, 0.1) is 18.5 Å². The standard InChI is InChI=1S/C27H19I2N3O5S/c1-36-22-11-16(10-21(29)25(22)37-15-18-5-3-2-4-17(18)13-30)12-23-26(34)32(27(35)38-23)14-24(33)31-20-8-6-19(28)7-9-20/h2-12H,14-15H2,1H3,(H,31,33)/b23-12-. The molecular formula is C27H19I2N3O5S. The molecule has 1 heterocycles. The molecule has 0 bridgehead atoms. The van der Waals surface area contributed by atoms with Gasteiger partial charge in [0, 0.05) is 14.8 Å². The first-order valence-electron chi connectivity index (χ1n) is 11.1. The maximum atomic E-state index is 12.9. The summed E-state index contributed by atoms with van der Waals surface area (Å²) in [7, 11) is 1.51. The van der Waals surface area contributed by atoms with Gasteiger partial charge in [-0.3, -0.25) is 19.3 Å². The molecule has 192 valence electrons. The highest BCUT2D eigenvalue weighted by Crippen LogP contribution is 2.37. The smallest absolute Gasteiger partial charge is 0.294 e. The van der Waals surface area contributed by atoms with Crippen molar-refractivity contribution in [3.05, 3.63) is 89.4 Å². The minimum absolute atomic E-state index is 0.179. The van der Waals surface area contributed by atoms with E-state index in [2.05, 4.69) is 56.6 Å². The second-order valence-corrected chi connectivity index (χ2v) is 11.3.